The molecule has 0 amide bonds. The smallest absolute Gasteiger partial charge is 0.00302 e. The van der Waals surface area contributed by atoms with E-state index in [-0.39, 0.29) is 0 Å². The predicted molar refractivity (Wildman–Crippen MR) is 56.3 cm³/mol. The second kappa shape index (κ2) is 3.29. The monoisotopic (exact) mass is 180 g/mol. The van der Waals surface area contributed by atoms with Crippen LogP contribution in [0.4, 0.5) is 0 Å². The third-order valence-corrected chi connectivity index (χ3v) is 4.66. The normalized spacial score (nSPS) is 45.7. The van der Waals surface area contributed by atoms with E-state index in [9.17, 15) is 0 Å². The van der Waals surface area contributed by atoms with Crippen LogP contribution in [0.3, 0.4) is 0 Å². The second-order valence-corrected chi connectivity index (χ2v) is 4.97. The maximum atomic E-state index is 3.93. The molecule has 1 aliphatic carbocycles. The molecule has 0 spiro atoms. The van der Waals surface area contributed by atoms with Gasteiger partial charge in [-0.1, -0.05) is 12.2 Å². The van der Waals surface area contributed by atoms with E-state index in [1.807, 2.05) is 0 Å². The molecule has 0 bridgehead atoms. The van der Waals surface area contributed by atoms with Gasteiger partial charge >= 0.3 is 0 Å². The predicted octanol–water partition coefficient (Wildman–Crippen LogP) is 2.97. The molecule has 1 heterocycles. The topological polar surface area (TPSA) is 0 Å². The lowest BCUT2D eigenvalue weighted by atomic mass is 9.90. The van der Waals surface area contributed by atoms with Gasteiger partial charge in [0.2, 0.25) is 0 Å². The third kappa shape index (κ3) is 1.15. The van der Waals surface area contributed by atoms with Crippen LogP contribution in [0.25, 0.3) is 0 Å². The van der Waals surface area contributed by atoms with Crippen molar-refractivity contribution in [1.82, 2.24) is 0 Å². The summed E-state index contributed by atoms with van der Waals surface area (Å²) in [7, 11) is 0. The molecule has 0 radical (unpaired) electrons. The molecule has 4 unspecified atom stereocenters. The Labute approximate surface area is 79.1 Å². The van der Waals surface area contributed by atoms with E-state index in [1.165, 1.54) is 17.9 Å². The van der Waals surface area contributed by atoms with Crippen molar-refractivity contribution in [3.8, 4) is 0 Å². The molecule has 12 heavy (non-hydrogen) atoms. The van der Waals surface area contributed by atoms with E-state index in [0.717, 1.165) is 23.7 Å². The molecule has 1 heteroatoms. The quantitative estimate of drug-likeness (QED) is 0.589. The Morgan fingerprint density at radius 3 is 1.92 bits per heavy atom. The van der Waals surface area contributed by atoms with E-state index < -0.39 is 0 Å². The van der Waals surface area contributed by atoms with Crippen LogP contribution in [0, 0.1) is 23.7 Å². The number of thioether (sulfide) groups is 1. The Bertz CT molecular complexity index is 177. The van der Waals surface area contributed by atoms with Gasteiger partial charge in [-0.25, -0.2) is 0 Å². The molecule has 0 aromatic heterocycles. The lowest BCUT2D eigenvalue weighted by Gasteiger charge is -2.13. The molecular weight excluding hydrogens is 164 g/mol. The first-order valence-corrected chi connectivity index (χ1v) is 5.85. The van der Waals surface area contributed by atoms with Crippen LogP contribution in [0.1, 0.15) is 6.42 Å². The Balaban J connectivity index is 2.15. The zero-order valence-corrected chi connectivity index (χ0v) is 8.22. The molecule has 1 saturated heterocycles. The van der Waals surface area contributed by atoms with E-state index in [0.29, 0.717) is 0 Å². The number of hydrogen-bond acceptors (Lipinski definition) is 1. The second-order valence-electron chi connectivity index (χ2n) is 3.90. The molecular formula is C11H16S. The summed E-state index contributed by atoms with van der Waals surface area (Å²) in [5.74, 6) is 6.07. The fraction of sp³-hybridized carbons (Fsp3) is 0.636. The van der Waals surface area contributed by atoms with Crippen molar-refractivity contribution >= 4 is 11.8 Å². The molecule has 66 valence electrons. The molecule has 4 atom stereocenters. The Morgan fingerprint density at radius 2 is 1.50 bits per heavy atom. The largest absolute Gasteiger partial charge is 0.161 e. The van der Waals surface area contributed by atoms with Crippen LogP contribution in [0.5, 0.6) is 0 Å². The fourth-order valence-electron chi connectivity index (χ4n) is 2.68. The molecule has 0 nitrogen and oxygen atoms in total. The molecule has 2 aliphatic rings. The minimum Gasteiger partial charge on any atom is -0.161 e. The minimum atomic E-state index is 0.771. The average Bonchev–Trinajstić information content (AvgIpc) is 2.63. The molecule has 0 N–H and O–H groups in total. The first-order valence-electron chi connectivity index (χ1n) is 4.69. The lowest BCUT2D eigenvalue weighted by Crippen LogP contribution is -2.13. The summed E-state index contributed by atoms with van der Waals surface area (Å²) in [5.41, 5.74) is 0. The van der Waals surface area contributed by atoms with Crippen LogP contribution in [0.2, 0.25) is 0 Å². The van der Waals surface area contributed by atoms with Gasteiger partial charge in [0.1, 0.15) is 0 Å². The number of rotatable bonds is 2. The molecule has 2 rings (SSSR count). The van der Waals surface area contributed by atoms with Crippen LogP contribution >= 0.6 is 11.8 Å². The van der Waals surface area contributed by atoms with Gasteiger partial charge in [0.25, 0.3) is 0 Å². The third-order valence-electron chi connectivity index (χ3n) is 3.42. The summed E-state index contributed by atoms with van der Waals surface area (Å²) in [4.78, 5) is 0. The molecule has 1 saturated carbocycles. The first kappa shape index (κ1) is 8.43. The standard InChI is InChI=1S/C11H16S/c1-3-8-5-9(4-2)11-7-12-6-10(8)11/h3-4,8-11H,1-2,5-7H2. The van der Waals surface area contributed by atoms with Crippen molar-refractivity contribution in [3.63, 3.8) is 0 Å². The van der Waals surface area contributed by atoms with Gasteiger partial charge in [0.15, 0.2) is 0 Å². The SMILES string of the molecule is C=CC1CC(C=C)C2CSCC12. The van der Waals surface area contributed by atoms with Gasteiger partial charge in [-0.2, -0.15) is 11.8 Å². The highest BCUT2D eigenvalue weighted by Gasteiger charge is 2.43. The number of allylic oxidation sites excluding steroid dienone is 2. The highest BCUT2D eigenvalue weighted by Crippen LogP contribution is 2.49. The highest BCUT2D eigenvalue weighted by atomic mass is 32.2. The Kier molecular flexibility index (Phi) is 2.31. The van der Waals surface area contributed by atoms with Crippen molar-refractivity contribution in [1.29, 1.82) is 0 Å². The minimum absolute atomic E-state index is 0.771. The van der Waals surface area contributed by atoms with E-state index in [1.54, 1.807) is 0 Å². The highest BCUT2D eigenvalue weighted by molar-refractivity contribution is 7.99. The van der Waals surface area contributed by atoms with Crippen molar-refractivity contribution in [2.75, 3.05) is 11.5 Å². The van der Waals surface area contributed by atoms with Gasteiger partial charge in [-0.05, 0) is 41.6 Å². The summed E-state index contributed by atoms with van der Waals surface area (Å²) < 4.78 is 0. The molecule has 2 fully saturated rings. The average molecular weight is 180 g/mol. The first-order chi connectivity index (χ1) is 5.86. The van der Waals surface area contributed by atoms with Crippen LogP contribution in [-0.2, 0) is 0 Å². The summed E-state index contributed by atoms with van der Waals surface area (Å²) in [5, 5.41) is 0. The van der Waals surface area contributed by atoms with Crippen LogP contribution in [-0.4, -0.2) is 11.5 Å². The molecule has 0 aromatic carbocycles. The van der Waals surface area contributed by atoms with Crippen molar-refractivity contribution < 1.29 is 0 Å². The maximum absolute atomic E-state index is 3.93. The Morgan fingerprint density at radius 1 is 1.00 bits per heavy atom. The van der Waals surface area contributed by atoms with Crippen molar-refractivity contribution in [2.45, 2.75) is 6.42 Å². The van der Waals surface area contributed by atoms with E-state index in [2.05, 4.69) is 37.1 Å². The maximum Gasteiger partial charge on any atom is -0.00302 e. The zero-order valence-electron chi connectivity index (χ0n) is 7.41. The summed E-state index contributed by atoms with van der Waals surface area (Å²) in [6.07, 6.45) is 5.63. The zero-order chi connectivity index (χ0) is 8.55. The van der Waals surface area contributed by atoms with Crippen LogP contribution < -0.4 is 0 Å². The van der Waals surface area contributed by atoms with Gasteiger partial charge in [-0.15, -0.1) is 13.2 Å². The van der Waals surface area contributed by atoms with Gasteiger partial charge < -0.3 is 0 Å². The van der Waals surface area contributed by atoms with Crippen LogP contribution in [0.15, 0.2) is 25.3 Å². The lowest BCUT2D eigenvalue weighted by molar-refractivity contribution is 0.412. The summed E-state index contributed by atoms with van der Waals surface area (Å²) >= 11 is 2.11. The number of hydrogen-bond donors (Lipinski definition) is 0. The van der Waals surface area contributed by atoms with E-state index >= 15 is 0 Å². The molecule has 1 aliphatic heterocycles. The van der Waals surface area contributed by atoms with Crippen molar-refractivity contribution in [3.05, 3.63) is 25.3 Å². The van der Waals surface area contributed by atoms with Gasteiger partial charge in [-0.3, -0.25) is 0 Å². The van der Waals surface area contributed by atoms with E-state index in [4.69, 9.17) is 0 Å². The summed E-state index contributed by atoms with van der Waals surface area (Å²) in [6, 6.07) is 0. The van der Waals surface area contributed by atoms with Gasteiger partial charge in [0.05, 0.1) is 0 Å². The Hall–Kier alpha value is -0.170. The molecule has 0 aromatic rings. The fourth-order valence-corrected chi connectivity index (χ4v) is 4.34. The summed E-state index contributed by atoms with van der Waals surface area (Å²) in [6.45, 7) is 7.86. The number of fused-ring (bicyclic) bond motifs is 1. The van der Waals surface area contributed by atoms with Crippen molar-refractivity contribution in [2.24, 2.45) is 23.7 Å². The van der Waals surface area contributed by atoms with Gasteiger partial charge in [0, 0.05) is 0 Å².